The first-order valence-corrected chi connectivity index (χ1v) is 8.59. The molecule has 0 aliphatic carbocycles. The SMILES string of the molecule is CC(C)(C)CC(C)(C)NS(=O)(=O)c1ccc(Br)c(F)c1. The van der Waals surface area contributed by atoms with Gasteiger partial charge in [0.05, 0.1) is 9.37 Å². The molecule has 0 spiro atoms. The van der Waals surface area contributed by atoms with Gasteiger partial charge in [-0.2, -0.15) is 0 Å². The van der Waals surface area contributed by atoms with Crippen LogP contribution in [0, 0.1) is 11.2 Å². The lowest BCUT2D eigenvalue weighted by Crippen LogP contribution is -2.45. The van der Waals surface area contributed by atoms with Crippen molar-refractivity contribution in [3.05, 3.63) is 28.5 Å². The van der Waals surface area contributed by atoms with E-state index in [1.165, 1.54) is 12.1 Å². The summed E-state index contributed by atoms with van der Waals surface area (Å²) >= 11 is 3.01. The van der Waals surface area contributed by atoms with Gasteiger partial charge >= 0.3 is 0 Å². The van der Waals surface area contributed by atoms with Gasteiger partial charge in [0.15, 0.2) is 0 Å². The summed E-state index contributed by atoms with van der Waals surface area (Å²) in [5.74, 6) is -0.596. The van der Waals surface area contributed by atoms with Gasteiger partial charge in [-0.15, -0.1) is 0 Å². The molecule has 0 heterocycles. The van der Waals surface area contributed by atoms with Crippen molar-refractivity contribution >= 4 is 26.0 Å². The van der Waals surface area contributed by atoms with Crippen LogP contribution in [-0.4, -0.2) is 14.0 Å². The smallest absolute Gasteiger partial charge is 0.207 e. The van der Waals surface area contributed by atoms with Crippen molar-refractivity contribution in [1.29, 1.82) is 0 Å². The van der Waals surface area contributed by atoms with E-state index in [9.17, 15) is 12.8 Å². The van der Waals surface area contributed by atoms with Crippen molar-refractivity contribution in [2.45, 2.75) is 51.5 Å². The van der Waals surface area contributed by atoms with Crippen LogP contribution >= 0.6 is 15.9 Å². The average Bonchev–Trinajstić information content (AvgIpc) is 2.16. The molecule has 20 heavy (non-hydrogen) atoms. The lowest BCUT2D eigenvalue weighted by Gasteiger charge is -2.33. The van der Waals surface area contributed by atoms with Crippen molar-refractivity contribution in [1.82, 2.24) is 4.72 Å². The van der Waals surface area contributed by atoms with E-state index in [0.29, 0.717) is 6.42 Å². The molecule has 0 saturated carbocycles. The van der Waals surface area contributed by atoms with Crippen LogP contribution in [0.5, 0.6) is 0 Å². The third kappa shape index (κ3) is 5.14. The molecule has 3 nitrogen and oxygen atoms in total. The molecular weight excluding hydrogens is 345 g/mol. The lowest BCUT2D eigenvalue weighted by molar-refractivity contribution is 0.269. The minimum absolute atomic E-state index is 0.0169. The van der Waals surface area contributed by atoms with Crippen molar-refractivity contribution in [2.75, 3.05) is 0 Å². The van der Waals surface area contributed by atoms with Gasteiger partial charge in [-0.05, 0) is 59.8 Å². The van der Waals surface area contributed by atoms with E-state index in [0.717, 1.165) is 6.07 Å². The summed E-state index contributed by atoms with van der Waals surface area (Å²) in [4.78, 5) is -0.0693. The molecule has 0 bridgehead atoms. The van der Waals surface area contributed by atoms with E-state index < -0.39 is 21.4 Å². The Bertz CT molecular complexity index is 592. The highest BCUT2D eigenvalue weighted by Gasteiger charge is 2.30. The number of hydrogen-bond donors (Lipinski definition) is 1. The van der Waals surface area contributed by atoms with Gasteiger partial charge in [0, 0.05) is 5.54 Å². The van der Waals surface area contributed by atoms with E-state index in [1.54, 1.807) is 0 Å². The predicted octanol–water partition coefficient (Wildman–Crippen LogP) is 4.08. The summed E-state index contributed by atoms with van der Waals surface area (Å²) in [6.07, 6.45) is 0.665. The standard InChI is InChI=1S/C14H21BrFNO2S/c1-13(2,3)9-14(4,5)17-20(18,19)10-6-7-11(15)12(16)8-10/h6-8,17H,9H2,1-5H3. The van der Waals surface area contributed by atoms with Crippen molar-refractivity contribution in [2.24, 2.45) is 5.41 Å². The molecule has 0 amide bonds. The summed E-state index contributed by atoms with van der Waals surface area (Å²) in [5.41, 5.74) is -0.627. The zero-order chi connectivity index (χ0) is 15.8. The van der Waals surface area contributed by atoms with Crippen LogP contribution in [-0.2, 0) is 10.0 Å². The maximum absolute atomic E-state index is 13.5. The number of nitrogens with one attached hydrogen (secondary N) is 1. The van der Waals surface area contributed by atoms with Crippen molar-refractivity contribution < 1.29 is 12.8 Å². The highest BCUT2D eigenvalue weighted by Crippen LogP contribution is 2.28. The summed E-state index contributed by atoms with van der Waals surface area (Å²) in [6, 6.07) is 3.78. The Morgan fingerprint density at radius 1 is 1.20 bits per heavy atom. The largest absolute Gasteiger partial charge is 0.241 e. The Kier molecular flexibility index (Phi) is 5.04. The summed E-state index contributed by atoms with van der Waals surface area (Å²) in [5, 5.41) is 0. The monoisotopic (exact) mass is 365 g/mol. The molecule has 1 N–H and O–H groups in total. The van der Waals surface area contributed by atoms with Crippen LogP contribution in [0.2, 0.25) is 0 Å². The highest BCUT2D eigenvalue weighted by atomic mass is 79.9. The first-order chi connectivity index (χ1) is 8.82. The van der Waals surface area contributed by atoms with Gasteiger partial charge in [0.2, 0.25) is 10.0 Å². The maximum Gasteiger partial charge on any atom is 0.241 e. The molecule has 0 aromatic heterocycles. The topological polar surface area (TPSA) is 46.2 Å². The number of sulfonamides is 1. The third-order valence-electron chi connectivity index (χ3n) is 2.58. The minimum Gasteiger partial charge on any atom is -0.207 e. The fraction of sp³-hybridized carbons (Fsp3) is 0.571. The Hall–Kier alpha value is -0.460. The second-order valence-electron chi connectivity index (χ2n) is 6.80. The van der Waals surface area contributed by atoms with Gasteiger partial charge in [0.25, 0.3) is 0 Å². The summed E-state index contributed by atoms with van der Waals surface area (Å²) < 4.78 is 41.0. The molecule has 0 aliphatic heterocycles. The Labute approximate surface area is 129 Å². The molecule has 0 radical (unpaired) electrons. The van der Waals surface area contributed by atoms with Gasteiger partial charge in [-0.1, -0.05) is 20.8 Å². The van der Waals surface area contributed by atoms with Gasteiger partial charge in [0.1, 0.15) is 5.82 Å². The van der Waals surface area contributed by atoms with Crippen molar-refractivity contribution in [3.63, 3.8) is 0 Å². The highest BCUT2D eigenvalue weighted by molar-refractivity contribution is 9.10. The molecule has 1 aromatic carbocycles. The second-order valence-corrected chi connectivity index (χ2v) is 9.34. The normalized spacial score (nSPS) is 13.6. The number of benzene rings is 1. The molecule has 0 aliphatic rings. The minimum atomic E-state index is -3.74. The van der Waals surface area contributed by atoms with E-state index in [1.807, 2.05) is 34.6 Å². The molecule has 6 heteroatoms. The number of rotatable bonds is 4. The molecular formula is C14H21BrFNO2S. The molecule has 0 unspecified atom stereocenters. The fourth-order valence-corrected chi connectivity index (χ4v) is 4.10. The molecule has 0 atom stereocenters. The third-order valence-corrected chi connectivity index (χ3v) is 4.92. The summed E-state index contributed by atoms with van der Waals surface area (Å²) in [6.45, 7) is 9.78. The lowest BCUT2D eigenvalue weighted by atomic mass is 9.82. The molecule has 0 saturated heterocycles. The predicted molar refractivity (Wildman–Crippen MR) is 82.6 cm³/mol. The van der Waals surface area contributed by atoms with Crippen LogP contribution in [0.3, 0.4) is 0 Å². The quantitative estimate of drug-likeness (QED) is 0.873. The van der Waals surface area contributed by atoms with Crippen LogP contribution in [0.1, 0.15) is 41.0 Å². The zero-order valence-electron chi connectivity index (χ0n) is 12.4. The van der Waals surface area contributed by atoms with E-state index >= 15 is 0 Å². The van der Waals surface area contributed by atoms with Gasteiger partial charge < -0.3 is 0 Å². The molecule has 0 fully saturated rings. The second kappa shape index (κ2) is 5.73. The van der Waals surface area contributed by atoms with Crippen LogP contribution in [0.25, 0.3) is 0 Å². The fourth-order valence-electron chi connectivity index (χ4n) is 2.43. The first-order valence-electron chi connectivity index (χ1n) is 6.31. The zero-order valence-corrected chi connectivity index (χ0v) is 14.8. The van der Waals surface area contributed by atoms with Gasteiger partial charge in [-0.3, -0.25) is 0 Å². The first kappa shape index (κ1) is 17.6. The van der Waals surface area contributed by atoms with Gasteiger partial charge in [-0.25, -0.2) is 17.5 Å². The Morgan fingerprint density at radius 3 is 2.20 bits per heavy atom. The van der Waals surface area contributed by atoms with E-state index in [-0.39, 0.29) is 14.8 Å². The van der Waals surface area contributed by atoms with Crippen molar-refractivity contribution in [3.8, 4) is 0 Å². The molecule has 1 rings (SSSR count). The van der Waals surface area contributed by atoms with Crippen LogP contribution < -0.4 is 4.72 Å². The molecule has 114 valence electrons. The number of hydrogen-bond acceptors (Lipinski definition) is 2. The number of halogens is 2. The van der Waals surface area contributed by atoms with E-state index in [2.05, 4.69) is 20.7 Å². The average molecular weight is 366 g/mol. The van der Waals surface area contributed by atoms with Crippen LogP contribution in [0.15, 0.2) is 27.6 Å². The maximum atomic E-state index is 13.5. The summed E-state index contributed by atoms with van der Waals surface area (Å²) in [7, 11) is -3.74. The molecule has 1 aromatic rings. The van der Waals surface area contributed by atoms with Crippen LogP contribution in [0.4, 0.5) is 4.39 Å². The Balaban J connectivity index is 3.03. The van der Waals surface area contributed by atoms with E-state index in [4.69, 9.17) is 0 Å². The Morgan fingerprint density at radius 2 is 1.75 bits per heavy atom.